The SMILES string of the molecule is O=C(C[C@@H](Cc1ccc(-c2ccc3c(c2)OCO3)cc1)C(=O)N[C@@H]1c2ccccc2C[C@@H]1O)NO. The maximum absolute atomic E-state index is 13.2. The van der Waals surface area contributed by atoms with Gasteiger partial charge in [-0.1, -0.05) is 54.6 Å². The van der Waals surface area contributed by atoms with Gasteiger partial charge >= 0.3 is 0 Å². The molecule has 4 N–H and O–H groups in total. The summed E-state index contributed by atoms with van der Waals surface area (Å²) < 4.78 is 10.8. The first-order chi connectivity index (χ1) is 17.0. The van der Waals surface area contributed by atoms with Crippen LogP contribution in [0.1, 0.15) is 29.2 Å². The molecule has 1 heterocycles. The van der Waals surface area contributed by atoms with Gasteiger partial charge < -0.3 is 19.9 Å². The number of carbonyl (C=O) groups is 2. The molecule has 0 fully saturated rings. The summed E-state index contributed by atoms with van der Waals surface area (Å²) in [7, 11) is 0. The highest BCUT2D eigenvalue weighted by Crippen LogP contribution is 2.36. The molecule has 2 aliphatic rings. The average molecular weight is 475 g/mol. The number of aliphatic hydroxyl groups is 1. The van der Waals surface area contributed by atoms with Crippen molar-refractivity contribution in [1.29, 1.82) is 0 Å². The van der Waals surface area contributed by atoms with Gasteiger partial charge in [-0.05, 0) is 46.4 Å². The Morgan fingerprint density at radius 3 is 2.51 bits per heavy atom. The Kier molecular flexibility index (Phi) is 6.39. The maximum Gasteiger partial charge on any atom is 0.244 e. The van der Waals surface area contributed by atoms with E-state index >= 15 is 0 Å². The van der Waals surface area contributed by atoms with Crippen LogP contribution < -0.4 is 20.3 Å². The van der Waals surface area contributed by atoms with Crippen molar-refractivity contribution < 1.29 is 29.4 Å². The second-order valence-electron chi connectivity index (χ2n) is 8.86. The summed E-state index contributed by atoms with van der Waals surface area (Å²) in [6.07, 6.45) is -0.156. The summed E-state index contributed by atoms with van der Waals surface area (Å²) in [5, 5.41) is 22.5. The van der Waals surface area contributed by atoms with Gasteiger partial charge in [-0.3, -0.25) is 14.8 Å². The van der Waals surface area contributed by atoms with E-state index < -0.39 is 24.0 Å². The van der Waals surface area contributed by atoms with Crippen molar-refractivity contribution in [3.63, 3.8) is 0 Å². The lowest BCUT2D eigenvalue weighted by Gasteiger charge is -2.22. The lowest BCUT2D eigenvalue weighted by Crippen LogP contribution is -2.40. The first kappa shape index (κ1) is 22.9. The number of hydrogen-bond acceptors (Lipinski definition) is 6. The molecule has 1 aliphatic heterocycles. The summed E-state index contributed by atoms with van der Waals surface area (Å²) >= 11 is 0. The molecular formula is C27H26N2O6. The van der Waals surface area contributed by atoms with Gasteiger partial charge in [0.15, 0.2) is 11.5 Å². The second-order valence-corrected chi connectivity index (χ2v) is 8.86. The maximum atomic E-state index is 13.2. The fourth-order valence-electron chi connectivity index (χ4n) is 4.74. The first-order valence-electron chi connectivity index (χ1n) is 11.5. The van der Waals surface area contributed by atoms with Gasteiger partial charge in [0, 0.05) is 12.8 Å². The van der Waals surface area contributed by atoms with Crippen LogP contribution in [0, 0.1) is 5.92 Å². The van der Waals surface area contributed by atoms with Gasteiger partial charge in [0.25, 0.3) is 0 Å². The Morgan fingerprint density at radius 2 is 1.71 bits per heavy atom. The smallest absolute Gasteiger partial charge is 0.244 e. The van der Waals surface area contributed by atoms with E-state index in [1.54, 1.807) is 5.48 Å². The Labute approximate surface area is 202 Å². The highest BCUT2D eigenvalue weighted by Gasteiger charge is 2.34. The average Bonchev–Trinajstić information content (AvgIpc) is 3.47. The zero-order chi connectivity index (χ0) is 24.4. The van der Waals surface area contributed by atoms with Crippen LogP contribution in [-0.2, 0) is 22.4 Å². The number of hydroxylamine groups is 1. The fraction of sp³-hybridized carbons (Fsp3) is 0.259. The number of amides is 2. The number of aliphatic hydroxyl groups excluding tert-OH is 1. The fourth-order valence-corrected chi connectivity index (χ4v) is 4.74. The normalized spacial score (nSPS) is 18.6. The summed E-state index contributed by atoms with van der Waals surface area (Å²) in [4.78, 5) is 25.1. The predicted octanol–water partition coefficient (Wildman–Crippen LogP) is 2.91. The molecule has 3 atom stereocenters. The molecule has 0 spiro atoms. The standard InChI is InChI=1S/C27H26N2O6/c30-22-12-19-3-1-2-4-21(19)26(22)28-27(32)20(14-25(31)29-33)11-16-5-7-17(8-6-16)18-9-10-23-24(13-18)35-15-34-23/h1-10,13,20,22,26,30,33H,11-12,14-15H2,(H,28,32)(H,29,31)/t20-,22+,26-/m1/s1. The Balaban J connectivity index is 1.31. The molecule has 8 nitrogen and oxygen atoms in total. The third-order valence-electron chi connectivity index (χ3n) is 6.57. The highest BCUT2D eigenvalue weighted by atomic mass is 16.7. The Bertz CT molecular complexity index is 1240. The van der Waals surface area contributed by atoms with Gasteiger partial charge in [-0.15, -0.1) is 0 Å². The monoisotopic (exact) mass is 474 g/mol. The summed E-state index contributed by atoms with van der Waals surface area (Å²) in [6.45, 7) is 0.214. The third-order valence-corrected chi connectivity index (χ3v) is 6.57. The van der Waals surface area contributed by atoms with Crippen LogP contribution >= 0.6 is 0 Å². The van der Waals surface area contributed by atoms with Crippen molar-refractivity contribution >= 4 is 11.8 Å². The van der Waals surface area contributed by atoms with Crippen molar-refractivity contribution in [3.05, 3.63) is 83.4 Å². The summed E-state index contributed by atoms with van der Waals surface area (Å²) in [5.41, 5.74) is 6.31. The summed E-state index contributed by atoms with van der Waals surface area (Å²) in [5.74, 6) is -0.299. The van der Waals surface area contributed by atoms with Gasteiger partial charge in [0.05, 0.1) is 18.1 Å². The molecule has 3 aromatic carbocycles. The number of rotatable bonds is 7. The number of fused-ring (bicyclic) bond motifs is 2. The largest absolute Gasteiger partial charge is 0.454 e. The van der Waals surface area contributed by atoms with Crippen LogP contribution in [0.3, 0.4) is 0 Å². The van der Waals surface area contributed by atoms with Crippen LogP contribution in [0.5, 0.6) is 11.5 Å². The molecule has 0 unspecified atom stereocenters. The van der Waals surface area contributed by atoms with Gasteiger partial charge in [0.1, 0.15) is 0 Å². The molecule has 35 heavy (non-hydrogen) atoms. The number of benzene rings is 3. The van der Waals surface area contributed by atoms with Crippen LogP contribution in [0.4, 0.5) is 0 Å². The molecule has 8 heteroatoms. The van der Waals surface area contributed by atoms with E-state index in [1.807, 2.05) is 66.7 Å². The molecule has 0 saturated heterocycles. The molecule has 3 aromatic rings. The zero-order valence-electron chi connectivity index (χ0n) is 18.9. The van der Waals surface area contributed by atoms with E-state index in [0.29, 0.717) is 18.6 Å². The van der Waals surface area contributed by atoms with Crippen LogP contribution in [-0.4, -0.2) is 35.0 Å². The molecule has 0 saturated carbocycles. The minimum atomic E-state index is -0.732. The van der Waals surface area contributed by atoms with E-state index in [0.717, 1.165) is 33.6 Å². The number of nitrogens with one attached hydrogen (secondary N) is 2. The first-order valence-corrected chi connectivity index (χ1v) is 11.5. The molecule has 0 radical (unpaired) electrons. The number of ether oxygens (including phenoxy) is 2. The number of hydrogen-bond donors (Lipinski definition) is 4. The molecule has 0 aromatic heterocycles. The molecular weight excluding hydrogens is 448 g/mol. The van der Waals surface area contributed by atoms with E-state index in [4.69, 9.17) is 14.7 Å². The molecule has 0 bridgehead atoms. The quantitative estimate of drug-likeness (QED) is 0.309. The van der Waals surface area contributed by atoms with Crippen molar-refractivity contribution in [2.45, 2.75) is 31.4 Å². The number of carbonyl (C=O) groups excluding carboxylic acids is 2. The van der Waals surface area contributed by atoms with Crippen molar-refractivity contribution in [2.24, 2.45) is 5.92 Å². The van der Waals surface area contributed by atoms with Gasteiger partial charge in [-0.2, -0.15) is 0 Å². The lowest BCUT2D eigenvalue weighted by molar-refractivity contribution is -0.135. The minimum absolute atomic E-state index is 0.184. The molecule has 2 amide bonds. The lowest BCUT2D eigenvalue weighted by atomic mass is 9.93. The van der Waals surface area contributed by atoms with Crippen molar-refractivity contribution in [3.8, 4) is 22.6 Å². The van der Waals surface area contributed by atoms with Crippen molar-refractivity contribution in [2.75, 3.05) is 6.79 Å². The van der Waals surface area contributed by atoms with Crippen LogP contribution in [0.2, 0.25) is 0 Å². The van der Waals surface area contributed by atoms with Crippen LogP contribution in [0.15, 0.2) is 66.7 Å². The van der Waals surface area contributed by atoms with Gasteiger partial charge in [0.2, 0.25) is 18.6 Å². The topological polar surface area (TPSA) is 117 Å². The van der Waals surface area contributed by atoms with Gasteiger partial charge in [-0.25, -0.2) is 5.48 Å². The third kappa shape index (κ3) is 4.84. The van der Waals surface area contributed by atoms with E-state index in [9.17, 15) is 14.7 Å². The Morgan fingerprint density at radius 1 is 0.971 bits per heavy atom. The Hall–Kier alpha value is -3.88. The molecule has 180 valence electrons. The minimum Gasteiger partial charge on any atom is -0.454 e. The van der Waals surface area contributed by atoms with E-state index in [1.165, 1.54) is 0 Å². The van der Waals surface area contributed by atoms with E-state index in [-0.39, 0.29) is 19.1 Å². The molecule has 1 aliphatic carbocycles. The van der Waals surface area contributed by atoms with E-state index in [2.05, 4.69) is 5.32 Å². The molecule has 5 rings (SSSR count). The van der Waals surface area contributed by atoms with Crippen LogP contribution in [0.25, 0.3) is 11.1 Å². The van der Waals surface area contributed by atoms with Crippen molar-refractivity contribution in [1.82, 2.24) is 10.8 Å². The zero-order valence-corrected chi connectivity index (χ0v) is 18.9. The highest BCUT2D eigenvalue weighted by molar-refractivity contribution is 5.86. The second kappa shape index (κ2) is 9.77. The summed E-state index contributed by atoms with van der Waals surface area (Å²) in [6, 6.07) is 20.5. The predicted molar refractivity (Wildman–Crippen MR) is 127 cm³/mol.